The lowest BCUT2D eigenvalue weighted by Gasteiger charge is -2.18. The summed E-state index contributed by atoms with van der Waals surface area (Å²) < 4.78 is 0. The Labute approximate surface area is 214 Å². The lowest BCUT2D eigenvalue weighted by molar-refractivity contribution is 0.535. The van der Waals surface area contributed by atoms with Gasteiger partial charge in [0.1, 0.15) is 0 Å². The smallest absolute Gasteiger partial charge is 0.0276 e. The minimum absolute atomic E-state index is 1.34. The van der Waals surface area contributed by atoms with Crippen LogP contribution in [-0.2, 0) is 25.7 Å². The Morgan fingerprint density at radius 3 is 0.529 bits per heavy atom. The highest BCUT2D eigenvalue weighted by molar-refractivity contribution is 5.39. The van der Waals surface area contributed by atoms with Gasteiger partial charge in [0, 0.05) is 0 Å². The maximum atomic E-state index is 2.72. The van der Waals surface area contributed by atoms with Gasteiger partial charge in [-0.25, -0.2) is 0 Å². The molecule has 1 aromatic carbocycles. The molecule has 0 saturated heterocycles. The maximum Gasteiger partial charge on any atom is -0.0276 e. The molecule has 0 aliphatic heterocycles. The van der Waals surface area contributed by atoms with E-state index < -0.39 is 0 Å². The van der Waals surface area contributed by atoms with Crippen molar-refractivity contribution in [2.24, 2.45) is 0 Å². The van der Waals surface area contributed by atoms with E-state index in [4.69, 9.17) is 0 Å². The molecule has 0 saturated carbocycles. The van der Waals surface area contributed by atoms with Gasteiger partial charge in [0.25, 0.3) is 0 Å². The van der Waals surface area contributed by atoms with Gasteiger partial charge in [-0.05, 0) is 73.6 Å². The summed E-state index contributed by atoms with van der Waals surface area (Å²) >= 11 is 0. The third-order valence-electron chi connectivity index (χ3n) is 8.81. The number of hydrogen-bond donors (Lipinski definition) is 0. The standard InChI is InChI=1S/C34H58/c1-2-6-10-14-18-22-26-32-30-33-27-23-19-15-11-7-3-4-8-12-16-20-24-28-34(32)29-31(33)25-21-17-13-9-5-1/h29-30H,1-28H2. The third-order valence-corrected chi connectivity index (χ3v) is 8.81. The highest BCUT2D eigenvalue weighted by Crippen LogP contribution is 2.26. The minimum atomic E-state index is 1.34. The molecule has 0 aromatic heterocycles. The van der Waals surface area contributed by atoms with Gasteiger partial charge in [-0.1, -0.05) is 141 Å². The van der Waals surface area contributed by atoms with E-state index in [0.717, 1.165) is 0 Å². The molecule has 0 unspecified atom stereocenters. The van der Waals surface area contributed by atoms with Crippen LogP contribution < -0.4 is 0 Å². The summed E-state index contributed by atoms with van der Waals surface area (Å²) in [7, 11) is 0. The summed E-state index contributed by atoms with van der Waals surface area (Å²) in [5.41, 5.74) is 6.95. The molecule has 194 valence electrons. The van der Waals surface area contributed by atoms with Crippen molar-refractivity contribution >= 4 is 0 Å². The molecule has 5 rings (SSSR count). The summed E-state index contributed by atoms with van der Waals surface area (Å²) in [6, 6.07) is 5.44. The van der Waals surface area contributed by atoms with Crippen molar-refractivity contribution < 1.29 is 0 Å². The van der Waals surface area contributed by atoms with E-state index in [-0.39, 0.29) is 0 Å². The van der Waals surface area contributed by atoms with Crippen molar-refractivity contribution in [3.05, 3.63) is 34.4 Å². The van der Waals surface area contributed by atoms with Crippen LogP contribution in [0, 0.1) is 0 Å². The largest absolute Gasteiger partial charge is 0.0553 e. The van der Waals surface area contributed by atoms with Crippen LogP contribution in [0.5, 0.6) is 0 Å². The van der Waals surface area contributed by atoms with Crippen LogP contribution in [0.3, 0.4) is 0 Å². The zero-order valence-corrected chi connectivity index (χ0v) is 23.0. The van der Waals surface area contributed by atoms with Crippen molar-refractivity contribution in [3.8, 4) is 0 Å². The second-order valence-corrected chi connectivity index (χ2v) is 11.9. The Kier molecular flexibility index (Phi) is 15.1. The van der Waals surface area contributed by atoms with Crippen LogP contribution >= 0.6 is 0 Å². The minimum Gasteiger partial charge on any atom is -0.0553 e. The van der Waals surface area contributed by atoms with Gasteiger partial charge in [-0.2, -0.15) is 0 Å². The Bertz CT molecular complexity index is 521. The summed E-state index contributed by atoms with van der Waals surface area (Å²) in [6.45, 7) is 0. The second kappa shape index (κ2) is 18.5. The van der Waals surface area contributed by atoms with Gasteiger partial charge in [-0.3, -0.25) is 0 Å². The third kappa shape index (κ3) is 11.8. The van der Waals surface area contributed by atoms with Gasteiger partial charge in [0.05, 0.1) is 0 Å². The number of aryl methyl sites for hydroxylation is 4. The summed E-state index contributed by atoms with van der Waals surface area (Å²) in [5.74, 6) is 0. The van der Waals surface area contributed by atoms with Crippen molar-refractivity contribution in [2.75, 3.05) is 0 Å². The molecule has 0 radical (unpaired) electrons. The van der Waals surface area contributed by atoms with Crippen LogP contribution in [0.25, 0.3) is 0 Å². The van der Waals surface area contributed by atoms with Crippen LogP contribution in [0.2, 0.25) is 0 Å². The van der Waals surface area contributed by atoms with E-state index in [1.54, 1.807) is 22.3 Å². The van der Waals surface area contributed by atoms with Crippen molar-refractivity contribution in [3.63, 3.8) is 0 Å². The van der Waals surface area contributed by atoms with E-state index in [1.165, 1.54) is 180 Å². The monoisotopic (exact) mass is 466 g/mol. The average Bonchev–Trinajstić information content (AvgIpc) is 2.84. The fourth-order valence-electron chi connectivity index (χ4n) is 6.52. The molecule has 4 aliphatic carbocycles. The van der Waals surface area contributed by atoms with Crippen molar-refractivity contribution in [2.45, 2.75) is 180 Å². The maximum absolute atomic E-state index is 2.72. The highest BCUT2D eigenvalue weighted by Gasteiger charge is 2.11. The molecular weight excluding hydrogens is 408 g/mol. The molecule has 0 heteroatoms. The SMILES string of the molecule is c1c2c3cc(c1CCCCCCCCCCCCCC3)CCCCCCCCCCCCCC2. The zero-order valence-electron chi connectivity index (χ0n) is 23.0. The molecule has 0 spiro atoms. The summed E-state index contributed by atoms with van der Waals surface area (Å²) in [6.07, 6.45) is 40.3. The quantitative estimate of drug-likeness (QED) is 0.356. The molecule has 4 aliphatic rings. The van der Waals surface area contributed by atoms with Crippen molar-refractivity contribution in [1.82, 2.24) is 0 Å². The van der Waals surface area contributed by atoms with Gasteiger partial charge in [0.15, 0.2) is 0 Å². The molecule has 1 aromatic rings. The average molecular weight is 467 g/mol. The molecule has 0 heterocycles. The fourth-order valence-corrected chi connectivity index (χ4v) is 6.52. The topological polar surface area (TPSA) is 0 Å². The van der Waals surface area contributed by atoms with E-state index in [0.29, 0.717) is 0 Å². The van der Waals surface area contributed by atoms with Crippen LogP contribution in [0.4, 0.5) is 0 Å². The summed E-state index contributed by atoms with van der Waals surface area (Å²) in [4.78, 5) is 0. The second-order valence-electron chi connectivity index (χ2n) is 11.9. The van der Waals surface area contributed by atoms with Gasteiger partial charge in [0.2, 0.25) is 0 Å². The molecule has 4 bridgehead atoms. The molecule has 0 atom stereocenters. The molecule has 0 fully saturated rings. The van der Waals surface area contributed by atoms with Gasteiger partial charge < -0.3 is 0 Å². The Morgan fingerprint density at radius 2 is 0.353 bits per heavy atom. The van der Waals surface area contributed by atoms with E-state index in [1.807, 2.05) is 0 Å². The number of hydrogen-bond acceptors (Lipinski definition) is 0. The highest BCUT2D eigenvalue weighted by atomic mass is 14.2. The zero-order chi connectivity index (χ0) is 23.5. The Morgan fingerprint density at radius 1 is 0.206 bits per heavy atom. The number of fused-ring (bicyclic) bond motifs is 26. The number of benzene rings is 1. The first-order chi connectivity index (χ1) is 16.9. The fraction of sp³-hybridized carbons (Fsp3) is 0.824. The molecule has 0 nitrogen and oxygen atoms in total. The predicted molar refractivity (Wildman–Crippen MR) is 152 cm³/mol. The normalized spacial score (nSPS) is 22.4. The summed E-state index contributed by atoms with van der Waals surface area (Å²) in [5, 5.41) is 0. The van der Waals surface area contributed by atoms with Crippen molar-refractivity contribution in [1.29, 1.82) is 0 Å². The van der Waals surface area contributed by atoms with Gasteiger partial charge >= 0.3 is 0 Å². The Balaban J connectivity index is 1.71. The predicted octanol–water partition coefficient (Wildman–Crippen LogP) is 11.2. The lowest BCUT2D eigenvalue weighted by Crippen LogP contribution is -2.04. The molecule has 0 amide bonds. The van der Waals surface area contributed by atoms with Crippen LogP contribution in [0.1, 0.15) is 176 Å². The molecule has 34 heavy (non-hydrogen) atoms. The molecular formula is C34H58. The van der Waals surface area contributed by atoms with E-state index >= 15 is 0 Å². The van der Waals surface area contributed by atoms with E-state index in [9.17, 15) is 0 Å². The Hall–Kier alpha value is -0.780. The first kappa shape index (κ1) is 27.8. The lowest BCUT2D eigenvalue weighted by atomic mass is 9.88. The van der Waals surface area contributed by atoms with E-state index in [2.05, 4.69) is 12.1 Å². The van der Waals surface area contributed by atoms with Crippen LogP contribution in [-0.4, -0.2) is 0 Å². The number of rotatable bonds is 0. The van der Waals surface area contributed by atoms with Crippen LogP contribution in [0.15, 0.2) is 12.1 Å². The first-order valence-corrected chi connectivity index (χ1v) is 16.1. The van der Waals surface area contributed by atoms with Gasteiger partial charge in [-0.15, -0.1) is 0 Å². The first-order valence-electron chi connectivity index (χ1n) is 16.1. The molecule has 0 N–H and O–H groups in total.